The summed E-state index contributed by atoms with van der Waals surface area (Å²) in [7, 11) is 2.54. The van der Waals surface area contributed by atoms with Crippen molar-refractivity contribution in [3.8, 4) is 5.75 Å². The molecule has 60 valence electrons. The van der Waals surface area contributed by atoms with E-state index in [4.69, 9.17) is 4.74 Å². The van der Waals surface area contributed by atoms with Gasteiger partial charge in [-0.05, 0) is 19.2 Å². The van der Waals surface area contributed by atoms with Crippen LogP contribution in [0, 0.1) is 6.92 Å². The van der Waals surface area contributed by atoms with Crippen molar-refractivity contribution in [1.82, 2.24) is 0 Å². The average Bonchev–Trinajstić information content (AvgIpc) is 2.04. The number of ether oxygens (including phenoxy) is 1. The molecule has 0 radical (unpaired) electrons. The maximum absolute atomic E-state index is 5.27. The lowest BCUT2D eigenvalue weighted by Gasteiger charge is -2.08. The molecule has 1 nitrogen and oxygen atoms in total. The standard InChI is InChI=1S/C9H13OP/c1-7-5-4-6-8(11-3)9(7)10-2/h4-6,11H,1-3H3. The van der Waals surface area contributed by atoms with E-state index >= 15 is 0 Å². The molecular formula is C9H13OP. The highest BCUT2D eigenvalue weighted by molar-refractivity contribution is 7.46. The molecule has 2 heteroatoms. The van der Waals surface area contributed by atoms with Crippen molar-refractivity contribution in [2.45, 2.75) is 6.92 Å². The molecule has 0 saturated heterocycles. The molecule has 11 heavy (non-hydrogen) atoms. The molecule has 0 N–H and O–H groups in total. The minimum atomic E-state index is 0.807. The zero-order valence-corrected chi connectivity index (χ0v) is 8.14. The van der Waals surface area contributed by atoms with Crippen molar-refractivity contribution >= 4 is 13.9 Å². The summed E-state index contributed by atoms with van der Waals surface area (Å²) in [6.45, 7) is 4.24. The minimum absolute atomic E-state index is 0.807. The summed E-state index contributed by atoms with van der Waals surface area (Å²) in [5.74, 6) is 1.05. The first kappa shape index (κ1) is 8.55. The monoisotopic (exact) mass is 168 g/mol. The first-order valence-electron chi connectivity index (χ1n) is 3.61. The van der Waals surface area contributed by atoms with Gasteiger partial charge in [0.1, 0.15) is 5.75 Å². The largest absolute Gasteiger partial charge is 0.496 e. The van der Waals surface area contributed by atoms with Gasteiger partial charge in [0.25, 0.3) is 0 Å². The molecular weight excluding hydrogens is 155 g/mol. The third-order valence-corrected chi connectivity index (χ3v) is 2.62. The van der Waals surface area contributed by atoms with Crippen LogP contribution < -0.4 is 10.0 Å². The molecule has 0 spiro atoms. The molecule has 0 fully saturated rings. The molecule has 0 aliphatic carbocycles. The SMILES string of the molecule is COc1c(C)cccc1PC. The van der Waals surface area contributed by atoms with Crippen LogP contribution in [0.4, 0.5) is 0 Å². The molecule has 0 aliphatic heterocycles. The van der Waals surface area contributed by atoms with E-state index in [1.807, 2.05) is 0 Å². The van der Waals surface area contributed by atoms with Crippen molar-refractivity contribution in [2.75, 3.05) is 13.8 Å². The van der Waals surface area contributed by atoms with Gasteiger partial charge in [-0.3, -0.25) is 0 Å². The Morgan fingerprint density at radius 1 is 1.36 bits per heavy atom. The number of hydrogen-bond acceptors (Lipinski definition) is 1. The van der Waals surface area contributed by atoms with Crippen LogP contribution in [0.1, 0.15) is 5.56 Å². The topological polar surface area (TPSA) is 9.23 Å². The van der Waals surface area contributed by atoms with Gasteiger partial charge in [0, 0.05) is 5.30 Å². The van der Waals surface area contributed by atoms with E-state index in [-0.39, 0.29) is 0 Å². The first-order chi connectivity index (χ1) is 5.29. The van der Waals surface area contributed by atoms with Gasteiger partial charge in [0.15, 0.2) is 0 Å². The van der Waals surface area contributed by atoms with Crippen molar-refractivity contribution in [3.63, 3.8) is 0 Å². The van der Waals surface area contributed by atoms with E-state index in [0.717, 1.165) is 14.3 Å². The second-order valence-corrected chi connectivity index (χ2v) is 3.44. The Morgan fingerprint density at radius 3 is 2.55 bits per heavy atom. The lowest BCUT2D eigenvalue weighted by atomic mass is 10.2. The molecule has 0 heterocycles. The molecule has 1 aromatic rings. The lowest BCUT2D eigenvalue weighted by Crippen LogP contribution is -2.01. The smallest absolute Gasteiger partial charge is 0.129 e. The van der Waals surface area contributed by atoms with Crippen LogP contribution >= 0.6 is 8.58 Å². The number of aryl methyl sites for hydroxylation is 1. The van der Waals surface area contributed by atoms with Crippen LogP contribution in [-0.4, -0.2) is 13.8 Å². The molecule has 1 rings (SSSR count). The number of benzene rings is 1. The molecule has 0 aliphatic rings. The van der Waals surface area contributed by atoms with Gasteiger partial charge in [-0.15, -0.1) is 0 Å². The molecule has 1 atom stereocenters. The highest BCUT2D eigenvalue weighted by Gasteiger charge is 2.01. The Bertz CT molecular complexity index is 245. The Hall–Kier alpha value is -0.550. The second kappa shape index (κ2) is 3.73. The maximum atomic E-state index is 5.27. The predicted octanol–water partition coefficient (Wildman–Crippen LogP) is 1.94. The molecule has 0 saturated carbocycles. The summed E-state index contributed by atoms with van der Waals surface area (Å²) in [6.07, 6.45) is 0. The Labute approximate surface area is 69.6 Å². The lowest BCUT2D eigenvalue weighted by molar-refractivity contribution is 0.415. The normalized spacial score (nSPS) is 10.8. The molecule has 0 amide bonds. The quantitative estimate of drug-likeness (QED) is 0.613. The Morgan fingerprint density at radius 2 is 2.09 bits per heavy atom. The summed E-state index contributed by atoms with van der Waals surface area (Å²) in [5, 5.41) is 1.31. The summed E-state index contributed by atoms with van der Waals surface area (Å²) >= 11 is 0. The number of para-hydroxylation sites is 1. The fourth-order valence-electron chi connectivity index (χ4n) is 1.12. The van der Waals surface area contributed by atoms with E-state index in [1.165, 1.54) is 10.9 Å². The van der Waals surface area contributed by atoms with E-state index < -0.39 is 0 Å². The number of hydrogen-bond donors (Lipinski definition) is 0. The average molecular weight is 168 g/mol. The Kier molecular flexibility index (Phi) is 2.90. The van der Waals surface area contributed by atoms with Gasteiger partial charge >= 0.3 is 0 Å². The van der Waals surface area contributed by atoms with Gasteiger partial charge < -0.3 is 4.74 Å². The molecule has 1 unspecified atom stereocenters. The first-order valence-corrected chi connectivity index (χ1v) is 5.11. The van der Waals surface area contributed by atoms with Crippen molar-refractivity contribution in [2.24, 2.45) is 0 Å². The summed E-state index contributed by atoms with van der Waals surface area (Å²) < 4.78 is 5.27. The maximum Gasteiger partial charge on any atom is 0.129 e. The van der Waals surface area contributed by atoms with Crippen LogP contribution in [-0.2, 0) is 0 Å². The zero-order chi connectivity index (χ0) is 8.27. The third kappa shape index (κ3) is 1.72. The van der Waals surface area contributed by atoms with E-state index in [9.17, 15) is 0 Å². The van der Waals surface area contributed by atoms with Crippen LogP contribution in [0.3, 0.4) is 0 Å². The van der Waals surface area contributed by atoms with Crippen LogP contribution in [0.2, 0.25) is 0 Å². The third-order valence-electron chi connectivity index (χ3n) is 1.69. The molecule has 0 bridgehead atoms. The van der Waals surface area contributed by atoms with Crippen molar-refractivity contribution in [1.29, 1.82) is 0 Å². The second-order valence-electron chi connectivity index (χ2n) is 2.41. The van der Waals surface area contributed by atoms with Crippen LogP contribution in [0.25, 0.3) is 0 Å². The van der Waals surface area contributed by atoms with Crippen molar-refractivity contribution in [3.05, 3.63) is 23.8 Å². The van der Waals surface area contributed by atoms with E-state index in [2.05, 4.69) is 31.8 Å². The fraction of sp³-hybridized carbons (Fsp3) is 0.333. The summed E-state index contributed by atoms with van der Waals surface area (Å²) in [6, 6.07) is 6.26. The van der Waals surface area contributed by atoms with E-state index in [1.54, 1.807) is 7.11 Å². The highest BCUT2D eigenvalue weighted by Crippen LogP contribution is 2.20. The highest BCUT2D eigenvalue weighted by atomic mass is 31.1. The van der Waals surface area contributed by atoms with Gasteiger partial charge in [-0.2, -0.15) is 0 Å². The summed E-state index contributed by atoms with van der Waals surface area (Å²) in [4.78, 5) is 0. The van der Waals surface area contributed by atoms with Crippen LogP contribution in [0.5, 0.6) is 5.75 Å². The minimum Gasteiger partial charge on any atom is -0.496 e. The van der Waals surface area contributed by atoms with Gasteiger partial charge in [0.2, 0.25) is 0 Å². The van der Waals surface area contributed by atoms with Gasteiger partial charge in [-0.1, -0.05) is 26.8 Å². The fourth-order valence-corrected chi connectivity index (χ4v) is 1.91. The van der Waals surface area contributed by atoms with Gasteiger partial charge in [0.05, 0.1) is 7.11 Å². The molecule has 0 aromatic heterocycles. The van der Waals surface area contributed by atoms with E-state index in [0.29, 0.717) is 0 Å². The summed E-state index contributed by atoms with van der Waals surface area (Å²) in [5.41, 5.74) is 1.22. The van der Waals surface area contributed by atoms with Gasteiger partial charge in [-0.25, -0.2) is 0 Å². The zero-order valence-electron chi connectivity index (χ0n) is 7.14. The number of methoxy groups -OCH3 is 1. The number of rotatable bonds is 2. The van der Waals surface area contributed by atoms with Crippen LogP contribution in [0.15, 0.2) is 18.2 Å². The molecule has 1 aromatic carbocycles. The Balaban J connectivity index is 3.13. The van der Waals surface area contributed by atoms with Crippen molar-refractivity contribution < 1.29 is 4.74 Å². The predicted molar refractivity (Wildman–Crippen MR) is 51.6 cm³/mol.